The molecule has 55 valence electrons. The van der Waals surface area contributed by atoms with E-state index in [1.807, 2.05) is 0 Å². The Labute approximate surface area is 100 Å². The van der Waals surface area contributed by atoms with Crippen LogP contribution in [0.4, 0.5) is 0 Å². The summed E-state index contributed by atoms with van der Waals surface area (Å²) in [7, 11) is 0. The molecule has 0 aromatic rings. The van der Waals surface area contributed by atoms with Crippen molar-refractivity contribution in [2.75, 3.05) is 6.61 Å². The summed E-state index contributed by atoms with van der Waals surface area (Å²) in [6.45, 7) is -0.756. The number of aliphatic hydroxyl groups excluding tert-OH is 3. The van der Waals surface area contributed by atoms with Crippen molar-refractivity contribution in [1.29, 1.82) is 0 Å². The van der Waals surface area contributed by atoms with Crippen LogP contribution >= 0.6 is 0 Å². The molecule has 0 saturated carbocycles. The van der Waals surface area contributed by atoms with Crippen LogP contribution in [0.3, 0.4) is 0 Å². The average Bonchev–Trinajstić information content (AvgIpc) is 1.84. The monoisotopic (exact) mass is 175 g/mol. The van der Waals surface area contributed by atoms with E-state index >= 15 is 0 Å². The summed E-state index contributed by atoms with van der Waals surface area (Å²) in [5, 5.41) is 32.8. The molecule has 0 saturated heterocycles. The number of hydrogen-bond acceptors (Lipinski definition) is 4. The second kappa shape index (κ2) is 6.68. The summed E-state index contributed by atoms with van der Waals surface area (Å²) in [5.74, 6) is -1.54. The SMILES string of the molecule is O=C(O)C(O)C(O)CO.[K]. The molecule has 0 bridgehead atoms. The molecule has 0 rings (SSSR count). The van der Waals surface area contributed by atoms with Gasteiger partial charge in [0.25, 0.3) is 0 Å². The van der Waals surface area contributed by atoms with Crippen molar-refractivity contribution in [3.8, 4) is 0 Å². The number of aliphatic hydroxyl groups is 3. The maximum Gasteiger partial charge on any atom is 0.335 e. The van der Waals surface area contributed by atoms with Gasteiger partial charge in [-0.05, 0) is 0 Å². The molecule has 0 heterocycles. The van der Waals surface area contributed by atoms with Crippen molar-refractivity contribution in [3.63, 3.8) is 0 Å². The fraction of sp³-hybridized carbons (Fsp3) is 0.750. The summed E-state index contributed by atoms with van der Waals surface area (Å²) in [6.07, 6.45) is -3.49. The minimum atomic E-state index is -1.89. The zero-order valence-corrected chi connectivity index (χ0v) is 8.68. The minimum absolute atomic E-state index is 0. The smallest absolute Gasteiger partial charge is 0.335 e. The Hall–Kier alpha value is 0.986. The fourth-order valence-electron chi connectivity index (χ4n) is 0.264. The van der Waals surface area contributed by atoms with Gasteiger partial charge in [-0.15, -0.1) is 0 Å². The van der Waals surface area contributed by atoms with Gasteiger partial charge < -0.3 is 20.4 Å². The molecule has 0 spiro atoms. The largest absolute Gasteiger partial charge is 0.479 e. The van der Waals surface area contributed by atoms with Gasteiger partial charge in [-0.1, -0.05) is 0 Å². The van der Waals surface area contributed by atoms with Gasteiger partial charge in [0.1, 0.15) is 6.10 Å². The van der Waals surface area contributed by atoms with Crippen LogP contribution in [0, 0.1) is 0 Å². The van der Waals surface area contributed by atoms with E-state index in [1.165, 1.54) is 0 Å². The van der Waals surface area contributed by atoms with Gasteiger partial charge in [0.2, 0.25) is 0 Å². The Balaban J connectivity index is 0. The van der Waals surface area contributed by atoms with Crippen molar-refractivity contribution in [1.82, 2.24) is 0 Å². The van der Waals surface area contributed by atoms with E-state index in [0.29, 0.717) is 0 Å². The first-order chi connectivity index (χ1) is 4.09. The van der Waals surface area contributed by atoms with Gasteiger partial charge in [-0.2, -0.15) is 0 Å². The van der Waals surface area contributed by atoms with Crippen LogP contribution in [0.25, 0.3) is 0 Å². The van der Waals surface area contributed by atoms with E-state index in [-0.39, 0.29) is 51.4 Å². The Morgan fingerprint density at radius 3 is 1.90 bits per heavy atom. The van der Waals surface area contributed by atoms with Crippen LogP contribution < -0.4 is 0 Å². The van der Waals surface area contributed by atoms with Gasteiger partial charge in [0.05, 0.1) is 6.61 Å². The van der Waals surface area contributed by atoms with Crippen LogP contribution in [0.2, 0.25) is 0 Å². The topological polar surface area (TPSA) is 98.0 Å². The van der Waals surface area contributed by atoms with E-state index in [4.69, 9.17) is 20.4 Å². The molecule has 6 heteroatoms. The third kappa shape index (κ3) is 4.75. The van der Waals surface area contributed by atoms with Crippen LogP contribution in [0.5, 0.6) is 0 Å². The van der Waals surface area contributed by atoms with E-state index in [1.54, 1.807) is 0 Å². The third-order valence-corrected chi connectivity index (χ3v) is 0.805. The Morgan fingerprint density at radius 2 is 1.80 bits per heavy atom. The van der Waals surface area contributed by atoms with E-state index in [2.05, 4.69) is 0 Å². The first kappa shape index (κ1) is 13.6. The Kier molecular flexibility index (Phi) is 9.07. The number of hydrogen-bond donors (Lipinski definition) is 4. The van der Waals surface area contributed by atoms with E-state index < -0.39 is 24.8 Å². The van der Waals surface area contributed by atoms with Gasteiger partial charge >= 0.3 is 5.97 Å². The second-order valence-corrected chi connectivity index (χ2v) is 1.53. The predicted octanol–water partition coefficient (Wildman–Crippen LogP) is -2.60. The molecular formula is C4H8KO5. The van der Waals surface area contributed by atoms with Crippen LogP contribution in [-0.4, -0.2) is 96.6 Å². The molecular weight excluding hydrogens is 167 g/mol. The zero-order chi connectivity index (χ0) is 7.44. The molecule has 0 amide bonds. The van der Waals surface area contributed by atoms with Crippen LogP contribution in [0.1, 0.15) is 0 Å². The molecule has 4 N–H and O–H groups in total. The van der Waals surface area contributed by atoms with E-state index in [0.717, 1.165) is 0 Å². The number of carboxylic acid groups (broad SMARTS) is 1. The third-order valence-electron chi connectivity index (χ3n) is 0.805. The van der Waals surface area contributed by atoms with Gasteiger partial charge in [-0.25, -0.2) is 4.79 Å². The molecule has 1 radical (unpaired) electrons. The molecule has 0 aliphatic rings. The molecule has 10 heavy (non-hydrogen) atoms. The summed E-state index contributed by atoms with van der Waals surface area (Å²) in [5.41, 5.74) is 0. The molecule has 0 aliphatic carbocycles. The molecule has 2 atom stereocenters. The molecule has 0 aliphatic heterocycles. The number of rotatable bonds is 3. The van der Waals surface area contributed by atoms with Gasteiger partial charge in [0, 0.05) is 51.4 Å². The summed E-state index contributed by atoms with van der Waals surface area (Å²) < 4.78 is 0. The van der Waals surface area contributed by atoms with Crippen molar-refractivity contribution in [3.05, 3.63) is 0 Å². The first-order valence-electron chi connectivity index (χ1n) is 2.29. The van der Waals surface area contributed by atoms with E-state index in [9.17, 15) is 4.79 Å². The van der Waals surface area contributed by atoms with Crippen LogP contribution in [0.15, 0.2) is 0 Å². The van der Waals surface area contributed by atoms with Crippen molar-refractivity contribution < 1.29 is 25.2 Å². The number of carboxylic acids is 1. The van der Waals surface area contributed by atoms with Crippen LogP contribution in [-0.2, 0) is 4.79 Å². The number of aliphatic carboxylic acids is 1. The minimum Gasteiger partial charge on any atom is -0.479 e. The summed E-state index contributed by atoms with van der Waals surface area (Å²) in [4.78, 5) is 9.78. The Morgan fingerprint density at radius 1 is 1.40 bits per heavy atom. The molecule has 2 unspecified atom stereocenters. The zero-order valence-electron chi connectivity index (χ0n) is 5.56. The molecule has 0 aromatic carbocycles. The van der Waals surface area contributed by atoms with Crippen molar-refractivity contribution >= 4 is 57.4 Å². The summed E-state index contributed by atoms with van der Waals surface area (Å²) >= 11 is 0. The fourth-order valence-corrected chi connectivity index (χ4v) is 0.264. The van der Waals surface area contributed by atoms with Crippen molar-refractivity contribution in [2.45, 2.75) is 12.2 Å². The molecule has 0 aromatic heterocycles. The number of carbonyl (C=O) groups is 1. The van der Waals surface area contributed by atoms with Gasteiger partial charge in [-0.3, -0.25) is 0 Å². The average molecular weight is 175 g/mol. The molecule has 5 nitrogen and oxygen atoms in total. The maximum atomic E-state index is 9.78. The summed E-state index contributed by atoms with van der Waals surface area (Å²) in [6, 6.07) is 0. The maximum absolute atomic E-state index is 9.78. The van der Waals surface area contributed by atoms with Crippen molar-refractivity contribution in [2.24, 2.45) is 0 Å². The quantitative estimate of drug-likeness (QED) is 0.353. The first-order valence-corrected chi connectivity index (χ1v) is 2.29. The van der Waals surface area contributed by atoms with Gasteiger partial charge in [0.15, 0.2) is 6.10 Å². The second-order valence-electron chi connectivity index (χ2n) is 1.53. The normalized spacial score (nSPS) is 15.1. The standard InChI is InChI=1S/C4H8O5.K/c5-1-2(6)3(7)4(8)9;/h2-3,5-7H,1H2,(H,8,9);. The Bertz CT molecular complexity index is 106. The predicted molar refractivity (Wildman–Crippen MR) is 32.5 cm³/mol. The molecule has 0 fully saturated rings.